The number of pyridine rings is 1. The van der Waals surface area contributed by atoms with Crippen molar-refractivity contribution in [1.29, 1.82) is 0 Å². The summed E-state index contributed by atoms with van der Waals surface area (Å²) in [5.74, 6) is 0.564. The molecule has 0 spiro atoms. The van der Waals surface area contributed by atoms with Crippen molar-refractivity contribution in [3.05, 3.63) is 65.6 Å². The molecule has 1 aliphatic rings. The fourth-order valence-electron chi connectivity index (χ4n) is 3.08. The van der Waals surface area contributed by atoms with E-state index in [-0.39, 0.29) is 5.91 Å². The third-order valence-electron chi connectivity index (χ3n) is 4.42. The quantitative estimate of drug-likeness (QED) is 0.759. The summed E-state index contributed by atoms with van der Waals surface area (Å²) in [5.41, 5.74) is 4.07. The lowest BCUT2D eigenvalue weighted by Gasteiger charge is -2.08. The van der Waals surface area contributed by atoms with Crippen LogP contribution in [0, 0.1) is 0 Å². The van der Waals surface area contributed by atoms with Gasteiger partial charge in [0.15, 0.2) is 0 Å². The van der Waals surface area contributed by atoms with Gasteiger partial charge in [0.2, 0.25) is 0 Å². The van der Waals surface area contributed by atoms with E-state index >= 15 is 0 Å². The molecule has 2 heterocycles. The fraction of sp³-hybridized carbons (Fsp3) is 0.263. The van der Waals surface area contributed by atoms with Crippen LogP contribution in [0.15, 0.2) is 48.8 Å². The minimum Gasteiger partial charge on any atom is -0.357 e. The molecule has 2 N–H and O–H groups in total. The number of H-pyrrole nitrogens is 1. The number of hydrogen-bond donors (Lipinski definition) is 2. The minimum absolute atomic E-state index is 0.00917. The molecule has 0 bridgehead atoms. The van der Waals surface area contributed by atoms with Crippen LogP contribution in [0.1, 0.15) is 40.4 Å². The van der Waals surface area contributed by atoms with Gasteiger partial charge in [-0.05, 0) is 48.4 Å². The smallest absolute Gasteiger partial charge is 0.268 e. The van der Waals surface area contributed by atoms with Gasteiger partial charge in [0, 0.05) is 24.3 Å². The molecule has 1 aromatic carbocycles. The van der Waals surface area contributed by atoms with Crippen LogP contribution in [0.25, 0.3) is 10.9 Å². The van der Waals surface area contributed by atoms with E-state index in [1.165, 1.54) is 12.8 Å². The van der Waals surface area contributed by atoms with Crippen LogP contribution in [-0.4, -0.2) is 22.4 Å². The van der Waals surface area contributed by atoms with E-state index in [0.29, 0.717) is 12.5 Å². The highest BCUT2D eigenvalue weighted by molar-refractivity contribution is 5.94. The molecule has 1 amide bonds. The van der Waals surface area contributed by atoms with Crippen LogP contribution >= 0.6 is 0 Å². The Morgan fingerprint density at radius 1 is 1.22 bits per heavy atom. The third-order valence-corrected chi connectivity index (χ3v) is 4.42. The van der Waals surface area contributed by atoms with Crippen LogP contribution in [0.5, 0.6) is 0 Å². The summed E-state index contributed by atoms with van der Waals surface area (Å²) in [4.78, 5) is 19.9. The van der Waals surface area contributed by atoms with Crippen molar-refractivity contribution < 1.29 is 4.79 Å². The van der Waals surface area contributed by atoms with Gasteiger partial charge in [0.05, 0.1) is 5.52 Å². The Bertz CT molecular complexity index is 843. The Balaban J connectivity index is 1.43. The second-order valence-electron chi connectivity index (χ2n) is 6.08. The summed E-state index contributed by atoms with van der Waals surface area (Å²) in [5, 5.41) is 4.16. The number of carbonyl (C=O) groups is 1. The van der Waals surface area contributed by atoms with E-state index in [4.69, 9.17) is 0 Å². The molecule has 0 saturated heterocycles. The van der Waals surface area contributed by atoms with Crippen molar-refractivity contribution >= 4 is 16.8 Å². The topological polar surface area (TPSA) is 57.8 Å². The van der Waals surface area contributed by atoms with Crippen molar-refractivity contribution in [3.8, 4) is 0 Å². The first-order valence-electron chi connectivity index (χ1n) is 8.11. The van der Waals surface area contributed by atoms with Gasteiger partial charge in [-0.3, -0.25) is 9.78 Å². The van der Waals surface area contributed by atoms with Crippen molar-refractivity contribution in [1.82, 2.24) is 15.3 Å². The molecule has 1 fully saturated rings. The van der Waals surface area contributed by atoms with E-state index in [0.717, 1.165) is 34.1 Å². The number of amides is 1. The molecule has 2 aromatic heterocycles. The highest BCUT2D eigenvalue weighted by Crippen LogP contribution is 2.41. The number of aromatic amines is 1. The Morgan fingerprint density at radius 3 is 2.96 bits per heavy atom. The Hall–Kier alpha value is -2.62. The molecule has 4 rings (SSSR count). The SMILES string of the molecule is O=C(NCCc1cccc2cccnc12)c1[nH]ccc1C1CC1. The summed E-state index contributed by atoms with van der Waals surface area (Å²) in [6.07, 6.45) is 6.83. The number of rotatable bonds is 5. The number of fused-ring (bicyclic) bond motifs is 1. The van der Waals surface area contributed by atoms with Gasteiger partial charge in [-0.15, -0.1) is 0 Å². The highest BCUT2D eigenvalue weighted by Gasteiger charge is 2.28. The third kappa shape index (κ3) is 2.84. The lowest BCUT2D eigenvalue weighted by atomic mass is 10.1. The predicted octanol–water partition coefficient (Wildman–Crippen LogP) is 3.41. The molecule has 1 aliphatic carbocycles. The van der Waals surface area contributed by atoms with Gasteiger partial charge in [-0.2, -0.15) is 0 Å². The standard InChI is InChI=1S/C19H19N3O/c23-19(18-16(9-12-21-18)13-6-7-13)22-11-8-15-4-1-3-14-5-2-10-20-17(14)15/h1-5,9-10,12-13,21H,6-8,11H2,(H,22,23). The van der Waals surface area contributed by atoms with Crippen molar-refractivity contribution in [2.24, 2.45) is 0 Å². The maximum absolute atomic E-state index is 12.4. The molecule has 3 aromatic rings. The number of benzene rings is 1. The first kappa shape index (κ1) is 14.0. The minimum atomic E-state index is -0.00917. The molecule has 0 radical (unpaired) electrons. The van der Waals surface area contributed by atoms with Crippen molar-refractivity contribution in [2.75, 3.05) is 6.54 Å². The molecular formula is C19H19N3O. The second-order valence-corrected chi connectivity index (χ2v) is 6.08. The largest absolute Gasteiger partial charge is 0.357 e. The van der Waals surface area contributed by atoms with Crippen molar-refractivity contribution in [2.45, 2.75) is 25.2 Å². The maximum atomic E-state index is 12.4. The van der Waals surface area contributed by atoms with Crippen LogP contribution in [0.3, 0.4) is 0 Å². The number of carbonyl (C=O) groups excluding carboxylic acids is 1. The van der Waals surface area contributed by atoms with Crippen molar-refractivity contribution in [3.63, 3.8) is 0 Å². The number of aromatic nitrogens is 2. The summed E-state index contributed by atoms with van der Waals surface area (Å²) >= 11 is 0. The normalized spacial score (nSPS) is 14.1. The average molecular weight is 305 g/mol. The van der Waals surface area contributed by atoms with Gasteiger partial charge >= 0.3 is 0 Å². The zero-order valence-electron chi connectivity index (χ0n) is 12.9. The second kappa shape index (κ2) is 5.88. The van der Waals surface area contributed by atoms with E-state index in [1.54, 1.807) is 0 Å². The van der Waals surface area contributed by atoms with E-state index in [1.807, 2.05) is 30.6 Å². The number of hydrogen-bond acceptors (Lipinski definition) is 2. The van der Waals surface area contributed by atoms with Gasteiger partial charge in [0.1, 0.15) is 5.69 Å². The summed E-state index contributed by atoms with van der Waals surface area (Å²) < 4.78 is 0. The maximum Gasteiger partial charge on any atom is 0.268 e. The lowest BCUT2D eigenvalue weighted by molar-refractivity contribution is 0.0949. The number of para-hydroxylation sites is 1. The van der Waals surface area contributed by atoms with E-state index in [9.17, 15) is 4.79 Å². The molecular weight excluding hydrogens is 286 g/mol. The zero-order valence-corrected chi connectivity index (χ0v) is 12.9. The van der Waals surface area contributed by atoms with Gasteiger partial charge < -0.3 is 10.3 Å². The summed E-state index contributed by atoms with van der Waals surface area (Å²) in [7, 11) is 0. The van der Waals surface area contributed by atoms with E-state index < -0.39 is 0 Å². The highest BCUT2D eigenvalue weighted by atomic mass is 16.1. The van der Waals surface area contributed by atoms with Crippen LogP contribution in [0.4, 0.5) is 0 Å². The van der Waals surface area contributed by atoms with Crippen LogP contribution in [-0.2, 0) is 6.42 Å². The van der Waals surface area contributed by atoms with E-state index in [2.05, 4.69) is 33.5 Å². The summed E-state index contributed by atoms with van der Waals surface area (Å²) in [6.45, 7) is 0.609. The lowest BCUT2D eigenvalue weighted by Crippen LogP contribution is -2.26. The molecule has 4 heteroatoms. The zero-order chi connectivity index (χ0) is 15.6. The molecule has 0 unspecified atom stereocenters. The average Bonchev–Trinajstić information content (AvgIpc) is 3.31. The monoisotopic (exact) mass is 305 g/mol. The Kier molecular flexibility index (Phi) is 3.58. The first-order chi connectivity index (χ1) is 11.3. The Morgan fingerprint density at radius 2 is 2.09 bits per heavy atom. The number of nitrogens with zero attached hydrogens (tertiary/aromatic N) is 1. The number of nitrogens with one attached hydrogen (secondary N) is 2. The fourth-order valence-corrected chi connectivity index (χ4v) is 3.08. The Labute approximate surface area is 134 Å². The molecule has 116 valence electrons. The molecule has 4 nitrogen and oxygen atoms in total. The van der Waals surface area contributed by atoms with Gasteiger partial charge in [-0.1, -0.05) is 24.3 Å². The van der Waals surface area contributed by atoms with Gasteiger partial charge in [0.25, 0.3) is 5.91 Å². The summed E-state index contributed by atoms with van der Waals surface area (Å²) in [6, 6.07) is 12.2. The van der Waals surface area contributed by atoms with Crippen LogP contribution in [0.2, 0.25) is 0 Å². The van der Waals surface area contributed by atoms with Gasteiger partial charge in [-0.25, -0.2) is 0 Å². The first-order valence-corrected chi connectivity index (χ1v) is 8.11. The van der Waals surface area contributed by atoms with Crippen LogP contribution < -0.4 is 5.32 Å². The molecule has 0 atom stereocenters. The molecule has 1 saturated carbocycles. The molecule has 23 heavy (non-hydrogen) atoms. The molecule has 0 aliphatic heterocycles. The predicted molar refractivity (Wildman–Crippen MR) is 90.5 cm³/mol.